The van der Waals surface area contributed by atoms with Gasteiger partial charge in [0, 0.05) is 30.3 Å². The highest BCUT2D eigenvalue weighted by Gasteiger charge is 2.29. The van der Waals surface area contributed by atoms with Gasteiger partial charge in [-0.15, -0.1) is 5.10 Å². The lowest BCUT2D eigenvalue weighted by Crippen LogP contribution is -2.33. The molecule has 2 aromatic heterocycles. The van der Waals surface area contributed by atoms with E-state index in [9.17, 15) is 4.79 Å². The molecule has 1 saturated heterocycles. The van der Waals surface area contributed by atoms with Gasteiger partial charge in [0.05, 0.1) is 24.2 Å². The number of H-pyrrole nitrogens is 1. The molecule has 1 fully saturated rings. The molecule has 0 aliphatic carbocycles. The number of benzene rings is 2. The number of nitrogens with zero attached hydrogens (tertiary/aromatic N) is 5. The number of aromatic amines is 1. The summed E-state index contributed by atoms with van der Waals surface area (Å²) in [5.74, 6) is 0.789. The molecule has 2 aromatic carbocycles. The standard InChI is InChI=1S/C28H33ClN6O2/c1-3-8-25(27-31-32-33-35(27)18-23-12-7-14-37-23)34(16-21-10-4-5-13-24(21)29)17-22-15-20-11-6-9-19(2)26(20)30-28(22)36/h4-6,9-11,13,15,23,25H,3,7-8,12,14,16-18H2,1-2H3,(H,30,36)/t23-,25+/m0/s1. The zero-order valence-corrected chi connectivity index (χ0v) is 22.1. The Bertz CT molecular complexity index is 1410. The van der Waals surface area contributed by atoms with Crippen molar-refractivity contribution < 1.29 is 4.74 Å². The molecule has 9 heteroatoms. The maximum absolute atomic E-state index is 13.2. The number of hydrogen-bond acceptors (Lipinski definition) is 6. The summed E-state index contributed by atoms with van der Waals surface area (Å²) in [7, 11) is 0. The molecule has 2 atom stereocenters. The molecule has 3 heterocycles. The van der Waals surface area contributed by atoms with Gasteiger partial charge in [-0.2, -0.15) is 0 Å². The Morgan fingerprint density at radius 1 is 1.19 bits per heavy atom. The van der Waals surface area contributed by atoms with E-state index >= 15 is 0 Å². The van der Waals surface area contributed by atoms with Gasteiger partial charge >= 0.3 is 0 Å². The summed E-state index contributed by atoms with van der Waals surface area (Å²) in [5.41, 5.74) is 3.53. The Hall–Kier alpha value is -3.07. The second kappa shape index (κ2) is 11.5. The monoisotopic (exact) mass is 520 g/mol. The molecule has 0 spiro atoms. The van der Waals surface area contributed by atoms with E-state index in [2.05, 4.69) is 32.3 Å². The molecule has 1 aliphatic rings. The predicted molar refractivity (Wildman–Crippen MR) is 144 cm³/mol. The van der Waals surface area contributed by atoms with Crippen molar-refractivity contribution in [2.45, 2.75) is 71.3 Å². The van der Waals surface area contributed by atoms with Crippen LogP contribution >= 0.6 is 11.6 Å². The Balaban J connectivity index is 1.54. The van der Waals surface area contributed by atoms with E-state index in [1.54, 1.807) is 0 Å². The lowest BCUT2D eigenvalue weighted by Gasteiger charge is -2.31. The quantitative estimate of drug-likeness (QED) is 0.309. The van der Waals surface area contributed by atoms with Crippen molar-refractivity contribution in [1.82, 2.24) is 30.1 Å². The van der Waals surface area contributed by atoms with Crippen molar-refractivity contribution in [3.8, 4) is 0 Å². The molecular formula is C28H33ClN6O2. The van der Waals surface area contributed by atoms with Crippen LogP contribution in [0.1, 0.15) is 61.2 Å². The summed E-state index contributed by atoms with van der Waals surface area (Å²) in [5, 5.41) is 14.5. The van der Waals surface area contributed by atoms with Gasteiger partial charge in [-0.1, -0.05) is 61.3 Å². The summed E-state index contributed by atoms with van der Waals surface area (Å²) in [4.78, 5) is 18.6. The zero-order chi connectivity index (χ0) is 25.8. The lowest BCUT2D eigenvalue weighted by molar-refractivity contribution is 0.0885. The third-order valence-electron chi connectivity index (χ3n) is 7.13. The van der Waals surface area contributed by atoms with Gasteiger partial charge in [0.2, 0.25) is 0 Å². The number of para-hydroxylation sites is 1. The third-order valence-corrected chi connectivity index (χ3v) is 7.50. The molecule has 37 heavy (non-hydrogen) atoms. The number of tetrazole rings is 1. The fourth-order valence-electron chi connectivity index (χ4n) is 5.20. The molecule has 0 bridgehead atoms. The molecule has 0 radical (unpaired) electrons. The van der Waals surface area contributed by atoms with Crippen LogP contribution < -0.4 is 5.56 Å². The van der Waals surface area contributed by atoms with Gasteiger partial charge in [-0.25, -0.2) is 4.68 Å². The number of pyridine rings is 1. The summed E-state index contributed by atoms with van der Waals surface area (Å²) >= 11 is 6.59. The molecule has 4 aromatic rings. The molecule has 194 valence electrons. The van der Waals surface area contributed by atoms with Crippen LogP contribution in [-0.2, 0) is 24.4 Å². The molecule has 8 nitrogen and oxygen atoms in total. The third kappa shape index (κ3) is 5.76. The molecule has 1 N–H and O–H groups in total. The summed E-state index contributed by atoms with van der Waals surface area (Å²) in [6.45, 7) is 6.55. The van der Waals surface area contributed by atoms with Gasteiger partial charge < -0.3 is 9.72 Å². The van der Waals surface area contributed by atoms with Gasteiger partial charge in [0.1, 0.15) is 0 Å². The number of fused-ring (bicyclic) bond motifs is 1. The first-order chi connectivity index (χ1) is 18.0. The van der Waals surface area contributed by atoms with E-state index in [1.807, 2.05) is 60.1 Å². The van der Waals surface area contributed by atoms with Gasteiger partial charge in [0.15, 0.2) is 5.82 Å². The Labute approximate surface area is 221 Å². The summed E-state index contributed by atoms with van der Waals surface area (Å²) < 4.78 is 7.74. The molecule has 5 rings (SSSR count). The number of rotatable bonds is 10. The van der Waals surface area contributed by atoms with E-state index < -0.39 is 0 Å². The van der Waals surface area contributed by atoms with Crippen molar-refractivity contribution in [3.05, 3.63) is 86.4 Å². The van der Waals surface area contributed by atoms with Gasteiger partial charge in [-0.05, 0) is 65.3 Å². The topological polar surface area (TPSA) is 88.9 Å². The van der Waals surface area contributed by atoms with Crippen molar-refractivity contribution in [3.63, 3.8) is 0 Å². The second-order valence-electron chi connectivity index (χ2n) is 9.82. The van der Waals surface area contributed by atoms with Crippen LogP contribution in [0.4, 0.5) is 0 Å². The van der Waals surface area contributed by atoms with E-state index in [-0.39, 0.29) is 17.7 Å². The number of ether oxygens (including phenoxy) is 1. The van der Waals surface area contributed by atoms with Crippen LogP contribution in [0.25, 0.3) is 10.9 Å². The van der Waals surface area contributed by atoms with Crippen LogP contribution in [0.5, 0.6) is 0 Å². The predicted octanol–water partition coefficient (Wildman–Crippen LogP) is 5.20. The Morgan fingerprint density at radius 2 is 2.03 bits per heavy atom. The molecule has 0 amide bonds. The summed E-state index contributed by atoms with van der Waals surface area (Å²) in [6, 6.07) is 15.8. The van der Waals surface area contributed by atoms with E-state index in [0.29, 0.717) is 30.2 Å². The smallest absolute Gasteiger partial charge is 0.252 e. The molecule has 0 unspecified atom stereocenters. The minimum absolute atomic E-state index is 0.0832. The fraction of sp³-hybridized carbons (Fsp3) is 0.429. The lowest BCUT2D eigenvalue weighted by atomic mass is 10.0. The Morgan fingerprint density at radius 3 is 2.81 bits per heavy atom. The maximum atomic E-state index is 13.2. The van der Waals surface area contributed by atoms with E-state index in [0.717, 1.165) is 60.1 Å². The molecular weight excluding hydrogens is 488 g/mol. The summed E-state index contributed by atoms with van der Waals surface area (Å²) in [6.07, 6.45) is 3.95. The number of hydrogen-bond donors (Lipinski definition) is 1. The number of nitrogens with one attached hydrogen (secondary N) is 1. The highest BCUT2D eigenvalue weighted by molar-refractivity contribution is 6.31. The van der Waals surface area contributed by atoms with Crippen LogP contribution in [-0.4, -0.2) is 42.8 Å². The minimum atomic E-state index is -0.106. The zero-order valence-electron chi connectivity index (χ0n) is 21.4. The van der Waals surface area contributed by atoms with Crippen molar-refractivity contribution in [1.29, 1.82) is 0 Å². The van der Waals surface area contributed by atoms with Crippen molar-refractivity contribution >= 4 is 22.5 Å². The number of aromatic nitrogens is 5. The minimum Gasteiger partial charge on any atom is -0.376 e. The first-order valence-electron chi connectivity index (χ1n) is 13.0. The largest absolute Gasteiger partial charge is 0.376 e. The van der Waals surface area contributed by atoms with Crippen LogP contribution in [0, 0.1) is 6.92 Å². The van der Waals surface area contributed by atoms with Gasteiger partial charge in [0.25, 0.3) is 5.56 Å². The van der Waals surface area contributed by atoms with Gasteiger partial charge in [-0.3, -0.25) is 9.69 Å². The number of halogens is 1. The van der Waals surface area contributed by atoms with Crippen molar-refractivity contribution in [2.75, 3.05) is 6.61 Å². The SMILES string of the molecule is CCC[C@H](c1nnnn1C[C@@H]1CCCO1)N(Cc1ccccc1Cl)Cc1cc2cccc(C)c2[nH]c1=O. The second-order valence-corrected chi connectivity index (χ2v) is 10.2. The van der Waals surface area contributed by atoms with Crippen molar-refractivity contribution in [2.24, 2.45) is 0 Å². The van der Waals surface area contributed by atoms with E-state index in [4.69, 9.17) is 16.3 Å². The number of aryl methyl sites for hydroxylation is 1. The molecule has 1 aliphatic heterocycles. The highest BCUT2D eigenvalue weighted by atomic mass is 35.5. The molecule has 0 saturated carbocycles. The van der Waals surface area contributed by atoms with Crippen LogP contribution in [0.2, 0.25) is 5.02 Å². The Kier molecular flexibility index (Phi) is 7.98. The first kappa shape index (κ1) is 25.6. The first-order valence-corrected chi connectivity index (χ1v) is 13.4. The average Bonchev–Trinajstić information content (AvgIpc) is 3.57. The average molecular weight is 521 g/mol. The normalized spacial score (nSPS) is 16.6. The fourth-order valence-corrected chi connectivity index (χ4v) is 5.39. The van der Waals surface area contributed by atoms with Crippen LogP contribution in [0.15, 0.2) is 53.3 Å². The highest BCUT2D eigenvalue weighted by Crippen LogP contribution is 2.30. The van der Waals surface area contributed by atoms with E-state index in [1.165, 1.54) is 0 Å². The maximum Gasteiger partial charge on any atom is 0.252 e. The van der Waals surface area contributed by atoms with Crippen LogP contribution in [0.3, 0.4) is 0 Å².